The average Bonchev–Trinajstić information content (AvgIpc) is 2.38. The van der Waals surface area contributed by atoms with Crippen LogP contribution in [0.1, 0.15) is 34.1 Å². The van der Waals surface area contributed by atoms with Gasteiger partial charge in [-0.2, -0.15) is 0 Å². The molecule has 5 nitrogen and oxygen atoms in total. The Labute approximate surface area is 126 Å². The van der Waals surface area contributed by atoms with Crippen LogP contribution >= 0.6 is 0 Å². The monoisotopic (exact) mass is 291 g/mol. The lowest BCUT2D eigenvalue weighted by Gasteiger charge is -2.18. The standard InChI is InChI=1S/C16H25N3O2/c1-5-9-17-11-14(20)18-12-7-6-8-13(10-12)19-15(21)16(2,3)4/h6-8,10,17H,5,9,11H2,1-4H3,(H,18,20)(H,19,21). The van der Waals surface area contributed by atoms with Crippen molar-refractivity contribution in [2.45, 2.75) is 34.1 Å². The second-order valence-electron chi connectivity index (χ2n) is 6.01. The first-order valence-corrected chi connectivity index (χ1v) is 7.25. The predicted molar refractivity (Wildman–Crippen MR) is 86.3 cm³/mol. The largest absolute Gasteiger partial charge is 0.326 e. The molecule has 0 saturated heterocycles. The summed E-state index contributed by atoms with van der Waals surface area (Å²) in [5.74, 6) is -0.154. The summed E-state index contributed by atoms with van der Waals surface area (Å²) in [7, 11) is 0. The SMILES string of the molecule is CCCNCC(=O)Nc1cccc(NC(=O)C(C)(C)C)c1. The number of anilines is 2. The fraction of sp³-hybridized carbons (Fsp3) is 0.500. The van der Waals surface area contributed by atoms with Gasteiger partial charge >= 0.3 is 0 Å². The third-order valence-electron chi connectivity index (χ3n) is 2.80. The first-order chi connectivity index (χ1) is 9.82. The lowest BCUT2D eigenvalue weighted by molar-refractivity contribution is -0.123. The first kappa shape index (κ1) is 17.2. The Morgan fingerprint density at radius 1 is 1.10 bits per heavy atom. The van der Waals surface area contributed by atoms with E-state index in [4.69, 9.17) is 0 Å². The van der Waals surface area contributed by atoms with E-state index in [0.717, 1.165) is 13.0 Å². The van der Waals surface area contributed by atoms with Crippen molar-refractivity contribution in [2.75, 3.05) is 23.7 Å². The molecule has 0 heterocycles. The van der Waals surface area contributed by atoms with Gasteiger partial charge in [0.1, 0.15) is 0 Å². The van der Waals surface area contributed by atoms with E-state index in [1.807, 2.05) is 27.7 Å². The predicted octanol–water partition coefficient (Wildman–Crippen LogP) is 2.61. The van der Waals surface area contributed by atoms with Crippen LogP contribution in [0.5, 0.6) is 0 Å². The molecule has 3 N–H and O–H groups in total. The Kier molecular flexibility index (Phi) is 6.37. The molecule has 0 saturated carbocycles. The molecule has 0 aliphatic rings. The van der Waals surface area contributed by atoms with E-state index in [2.05, 4.69) is 16.0 Å². The van der Waals surface area contributed by atoms with Crippen LogP contribution in [0.2, 0.25) is 0 Å². The molecule has 1 aromatic carbocycles. The van der Waals surface area contributed by atoms with Gasteiger partial charge in [-0.3, -0.25) is 9.59 Å². The quantitative estimate of drug-likeness (QED) is 0.706. The van der Waals surface area contributed by atoms with E-state index in [-0.39, 0.29) is 18.4 Å². The molecule has 0 spiro atoms. The number of rotatable bonds is 6. The van der Waals surface area contributed by atoms with Crippen molar-refractivity contribution in [1.82, 2.24) is 5.32 Å². The van der Waals surface area contributed by atoms with E-state index in [1.54, 1.807) is 24.3 Å². The molecule has 0 aromatic heterocycles. The van der Waals surface area contributed by atoms with Crippen molar-refractivity contribution in [1.29, 1.82) is 0 Å². The number of hydrogen-bond acceptors (Lipinski definition) is 3. The molecule has 0 radical (unpaired) electrons. The molecule has 0 aliphatic heterocycles. The molecule has 0 aliphatic carbocycles. The summed E-state index contributed by atoms with van der Waals surface area (Å²) >= 11 is 0. The fourth-order valence-electron chi connectivity index (χ4n) is 1.58. The molecule has 1 rings (SSSR count). The molecular weight excluding hydrogens is 266 g/mol. The van der Waals surface area contributed by atoms with Crippen molar-refractivity contribution in [3.8, 4) is 0 Å². The Balaban J connectivity index is 2.60. The van der Waals surface area contributed by atoms with E-state index >= 15 is 0 Å². The third kappa shape index (κ3) is 6.40. The van der Waals surface area contributed by atoms with Crippen molar-refractivity contribution in [2.24, 2.45) is 5.41 Å². The van der Waals surface area contributed by atoms with Gasteiger partial charge in [-0.1, -0.05) is 33.8 Å². The maximum absolute atomic E-state index is 11.9. The molecule has 5 heteroatoms. The number of carbonyl (C=O) groups is 2. The summed E-state index contributed by atoms with van der Waals surface area (Å²) in [5.41, 5.74) is 0.891. The van der Waals surface area contributed by atoms with Crippen LogP contribution in [-0.4, -0.2) is 24.9 Å². The number of carbonyl (C=O) groups excluding carboxylic acids is 2. The number of benzene rings is 1. The summed E-state index contributed by atoms with van der Waals surface area (Å²) in [4.78, 5) is 23.7. The van der Waals surface area contributed by atoms with Gasteiger partial charge in [0.2, 0.25) is 11.8 Å². The Morgan fingerprint density at radius 2 is 1.71 bits per heavy atom. The van der Waals surface area contributed by atoms with Crippen LogP contribution < -0.4 is 16.0 Å². The minimum absolute atomic E-state index is 0.0596. The zero-order valence-electron chi connectivity index (χ0n) is 13.2. The minimum Gasteiger partial charge on any atom is -0.326 e. The highest BCUT2D eigenvalue weighted by Gasteiger charge is 2.21. The molecule has 2 amide bonds. The normalized spacial score (nSPS) is 11.0. The van der Waals surface area contributed by atoms with Crippen LogP contribution in [0.25, 0.3) is 0 Å². The van der Waals surface area contributed by atoms with Crippen molar-refractivity contribution < 1.29 is 9.59 Å². The smallest absolute Gasteiger partial charge is 0.238 e. The van der Waals surface area contributed by atoms with Crippen LogP contribution in [0.4, 0.5) is 11.4 Å². The number of amides is 2. The lowest BCUT2D eigenvalue weighted by atomic mass is 9.95. The van der Waals surface area contributed by atoms with Crippen LogP contribution in [-0.2, 0) is 9.59 Å². The van der Waals surface area contributed by atoms with E-state index in [9.17, 15) is 9.59 Å². The second-order valence-corrected chi connectivity index (χ2v) is 6.01. The van der Waals surface area contributed by atoms with Crippen molar-refractivity contribution in [3.63, 3.8) is 0 Å². The maximum atomic E-state index is 11.9. The van der Waals surface area contributed by atoms with Gasteiger partial charge in [-0.25, -0.2) is 0 Å². The van der Waals surface area contributed by atoms with E-state index < -0.39 is 5.41 Å². The van der Waals surface area contributed by atoms with Gasteiger partial charge < -0.3 is 16.0 Å². The van der Waals surface area contributed by atoms with Gasteiger partial charge in [0.25, 0.3) is 0 Å². The molecule has 116 valence electrons. The maximum Gasteiger partial charge on any atom is 0.238 e. The molecule has 21 heavy (non-hydrogen) atoms. The van der Waals surface area contributed by atoms with Crippen LogP contribution in [0, 0.1) is 5.41 Å². The Hall–Kier alpha value is -1.88. The van der Waals surface area contributed by atoms with E-state index in [1.165, 1.54) is 0 Å². The Bertz CT molecular complexity index is 493. The third-order valence-corrected chi connectivity index (χ3v) is 2.80. The molecule has 1 aromatic rings. The second kappa shape index (κ2) is 7.78. The van der Waals surface area contributed by atoms with Gasteiger partial charge in [-0.15, -0.1) is 0 Å². The highest BCUT2D eigenvalue weighted by atomic mass is 16.2. The van der Waals surface area contributed by atoms with Crippen LogP contribution in [0.3, 0.4) is 0 Å². The van der Waals surface area contributed by atoms with Crippen molar-refractivity contribution >= 4 is 23.2 Å². The topological polar surface area (TPSA) is 70.2 Å². The number of nitrogens with one attached hydrogen (secondary N) is 3. The molecule has 0 atom stereocenters. The Morgan fingerprint density at radius 3 is 2.29 bits per heavy atom. The van der Waals surface area contributed by atoms with Gasteiger partial charge in [0, 0.05) is 16.8 Å². The molecular formula is C16H25N3O2. The number of hydrogen-bond donors (Lipinski definition) is 3. The summed E-state index contributed by atoms with van der Waals surface area (Å²) < 4.78 is 0. The fourth-order valence-corrected chi connectivity index (χ4v) is 1.58. The molecule has 0 bridgehead atoms. The minimum atomic E-state index is -0.455. The highest BCUT2D eigenvalue weighted by molar-refractivity contribution is 5.96. The van der Waals surface area contributed by atoms with Crippen LogP contribution in [0.15, 0.2) is 24.3 Å². The summed E-state index contributed by atoms with van der Waals surface area (Å²) in [6.45, 7) is 8.71. The van der Waals surface area contributed by atoms with Gasteiger partial charge in [0.05, 0.1) is 6.54 Å². The zero-order chi connectivity index (χ0) is 15.9. The van der Waals surface area contributed by atoms with E-state index in [0.29, 0.717) is 11.4 Å². The lowest BCUT2D eigenvalue weighted by Crippen LogP contribution is -2.29. The summed E-state index contributed by atoms with van der Waals surface area (Å²) in [5, 5.41) is 8.68. The van der Waals surface area contributed by atoms with Gasteiger partial charge in [-0.05, 0) is 31.2 Å². The summed E-state index contributed by atoms with van der Waals surface area (Å²) in [6.07, 6.45) is 0.988. The molecule has 0 unspecified atom stereocenters. The van der Waals surface area contributed by atoms with Gasteiger partial charge in [0.15, 0.2) is 0 Å². The zero-order valence-corrected chi connectivity index (χ0v) is 13.2. The molecule has 0 fully saturated rings. The average molecular weight is 291 g/mol. The summed E-state index contributed by atoms with van der Waals surface area (Å²) in [6, 6.07) is 7.15. The first-order valence-electron chi connectivity index (χ1n) is 7.25. The van der Waals surface area contributed by atoms with Crippen molar-refractivity contribution in [3.05, 3.63) is 24.3 Å². The highest BCUT2D eigenvalue weighted by Crippen LogP contribution is 2.19.